The molecule has 262 valence electrons. The molecule has 0 N–H and O–H groups in total. The van der Waals surface area contributed by atoms with Crippen molar-refractivity contribution in [1.29, 1.82) is 0 Å². The summed E-state index contributed by atoms with van der Waals surface area (Å²) in [6, 6.07) is 67.6. The summed E-state index contributed by atoms with van der Waals surface area (Å²) in [4.78, 5) is 15.5. The van der Waals surface area contributed by atoms with E-state index >= 15 is 0 Å². The second-order valence-electron chi connectivity index (χ2n) is 14.1. The molecule has 11 rings (SSSR count). The van der Waals surface area contributed by atoms with Gasteiger partial charge in [-0.1, -0.05) is 146 Å². The molecule has 0 amide bonds. The highest BCUT2D eigenvalue weighted by atomic mass is 16.3. The van der Waals surface area contributed by atoms with Gasteiger partial charge < -0.3 is 8.98 Å². The van der Waals surface area contributed by atoms with Crippen LogP contribution in [0.15, 0.2) is 199 Å². The van der Waals surface area contributed by atoms with Gasteiger partial charge in [0.1, 0.15) is 11.2 Å². The molecule has 0 bridgehead atoms. The van der Waals surface area contributed by atoms with Crippen molar-refractivity contribution in [2.24, 2.45) is 0 Å². The van der Waals surface area contributed by atoms with E-state index in [1.165, 1.54) is 16.3 Å². The third-order valence-electron chi connectivity index (χ3n) is 10.6. The zero-order valence-corrected chi connectivity index (χ0v) is 30.2. The number of hydrogen-bond acceptors (Lipinski definition) is 4. The van der Waals surface area contributed by atoms with Gasteiger partial charge in [-0.2, -0.15) is 0 Å². The second-order valence-corrected chi connectivity index (χ2v) is 14.1. The summed E-state index contributed by atoms with van der Waals surface area (Å²) in [5, 5.41) is 4.54. The van der Waals surface area contributed by atoms with E-state index in [1.807, 2.05) is 54.6 Å². The standard InChI is InChI=1S/C51H32N4O/c1-4-14-33(15-5-1)36-24-26-42-41-20-10-12-22-45(41)55(46(42)31-36)40-29-38(34-16-6-2-7-17-34)28-39(30-40)51-53-49(35-18-8-3-9-19-35)52-50(54-51)37-25-27-44-43-21-11-13-23-47(43)56-48(44)32-37/h1-32H. The van der Waals surface area contributed by atoms with Crippen LogP contribution in [0.25, 0.3) is 106 Å². The summed E-state index contributed by atoms with van der Waals surface area (Å²) in [7, 11) is 0. The fourth-order valence-corrected chi connectivity index (χ4v) is 7.94. The van der Waals surface area contributed by atoms with Gasteiger partial charge in [0.2, 0.25) is 0 Å². The topological polar surface area (TPSA) is 56.7 Å². The van der Waals surface area contributed by atoms with Gasteiger partial charge in [0.25, 0.3) is 0 Å². The third kappa shape index (κ3) is 5.45. The largest absolute Gasteiger partial charge is 0.456 e. The van der Waals surface area contributed by atoms with Gasteiger partial charge >= 0.3 is 0 Å². The van der Waals surface area contributed by atoms with Gasteiger partial charge in [-0.3, -0.25) is 0 Å². The number of aromatic nitrogens is 4. The molecule has 3 heterocycles. The summed E-state index contributed by atoms with van der Waals surface area (Å²) in [5.41, 5.74) is 12.1. The van der Waals surface area contributed by atoms with Crippen molar-refractivity contribution in [3.8, 4) is 62.1 Å². The molecule has 8 aromatic carbocycles. The molecule has 0 unspecified atom stereocenters. The average molecular weight is 717 g/mol. The minimum atomic E-state index is 0.576. The van der Waals surface area contributed by atoms with Crippen LogP contribution in [0, 0.1) is 0 Å². The van der Waals surface area contributed by atoms with E-state index in [9.17, 15) is 0 Å². The van der Waals surface area contributed by atoms with E-state index in [2.05, 4.69) is 144 Å². The monoisotopic (exact) mass is 716 g/mol. The second kappa shape index (κ2) is 13.0. The van der Waals surface area contributed by atoms with Crippen molar-refractivity contribution in [2.75, 3.05) is 0 Å². The first kappa shape index (κ1) is 31.9. The predicted octanol–water partition coefficient (Wildman–Crippen LogP) is 13.2. The van der Waals surface area contributed by atoms with Crippen LogP contribution < -0.4 is 0 Å². The Morgan fingerprint density at radius 1 is 0.304 bits per heavy atom. The maximum atomic E-state index is 6.30. The molecule has 11 aromatic rings. The van der Waals surface area contributed by atoms with Crippen molar-refractivity contribution in [3.63, 3.8) is 0 Å². The van der Waals surface area contributed by atoms with Crippen molar-refractivity contribution >= 4 is 43.7 Å². The van der Waals surface area contributed by atoms with Crippen LogP contribution in [0.1, 0.15) is 0 Å². The molecular weight excluding hydrogens is 685 g/mol. The lowest BCUT2D eigenvalue weighted by molar-refractivity contribution is 0.669. The fraction of sp³-hybridized carbons (Fsp3) is 0. The molecule has 5 heteroatoms. The maximum Gasteiger partial charge on any atom is 0.164 e. The smallest absolute Gasteiger partial charge is 0.164 e. The zero-order chi connectivity index (χ0) is 37.0. The lowest BCUT2D eigenvalue weighted by Crippen LogP contribution is -2.02. The van der Waals surface area contributed by atoms with Crippen LogP contribution in [0.2, 0.25) is 0 Å². The van der Waals surface area contributed by atoms with E-state index < -0.39 is 0 Å². The molecular formula is C51H32N4O. The van der Waals surface area contributed by atoms with Crippen LogP contribution >= 0.6 is 0 Å². The average Bonchev–Trinajstić information content (AvgIpc) is 3.82. The lowest BCUT2D eigenvalue weighted by atomic mass is 10.0. The molecule has 0 aliphatic carbocycles. The fourth-order valence-electron chi connectivity index (χ4n) is 7.94. The van der Waals surface area contributed by atoms with Gasteiger partial charge in [-0.15, -0.1) is 0 Å². The van der Waals surface area contributed by atoms with Crippen molar-refractivity contribution < 1.29 is 4.42 Å². The number of fused-ring (bicyclic) bond motifs is 6. The number of nitrogens with zero attached hydrogens (tertiary/aromatic N) is 4. The Kier molecular flexibility index (Phi) is 7.42. The van der Waals surface area contributed by atoms with Crippen molar-refractivity contribution in [1.82, 2.24) is 19.5 Å². The number of hydrogen-bond donors (Lipinski definition) is 0. The molecule has 0 spiro atoms. The molecule has 0 aliphatic heterocycles. The van der Waals surface area contributed by atoms with Crippen molar-refractivity contribution in [2.45, 2.75) is 0 Å². The number of furan rings is 1. The number of benzene rings is 8. The van der Waals surface area contributed by atoms with Gasteiger partial charge in [-0.05, 0) is 70.8 Å². The van der Waals surface area contributed by atoms with Crippen LogP contribution in [0.4, 0.5) is 0 Å². The molecule has 0 radical (unpaired) electrons. The van der Waals surface area contributed by atoms with Crippen LogP contribution in [-0.4, -0.2) is 19.5 Å². The SMILES string of the molecule is c1ccc(-c2cc(-c3nc(-c4ccccc4)nc(-c4ccc5c(c4)oc4ccccc45)n3)cc(-n3c4ccccc4c4ccc(-c5ccccc5)cc43)c2)cc1. The number of rotatable bonds is 6. The summed E-state index contributed by atoms with van der Waals surface area (Å²) in [6.07, 6.45) is 0. The zero-order valence-electron chi connectivity index (χ0n) is 30.2. The molecule has 0 saturated carbocycles. The summed E-state index contributed by atoms with van der Waals surface area (Å²) < 4.78 is 8.68. The molecule has 0 fully saturated rings. The lowest BCUT2D eigenvalue weighted by Gasteiger charge is -2.15. The quantitative estimate of drug-likeness (QED) is 0.172. The minimum absolute atomic E-state index is 0.576. The number of para-hydroxylation sites is 2. The Balaban J connectivity index is 1.16. The molecule has 5 nitrogen and oxygen atoms in total. The first-order valence-electron chi connectivity index (χ1n) is 18.8. The summed E-state index contributed by atoms with van der Waals surface area (Å²) in [6.45, 7) is 0. The minimum Gasteiger partial charge on any atom is -0.456 e. The predicted molar refractivity (Wildman–Crippen MR) is 229 cm³/mol. The van der Waals surface area contributed by atoms with Crippen LogP contribution in [-0.2, 0) is 0 Å². The van der Waals surface area contributed by atoms with E-state index in [4.69, 9.17) is 19.4 Å². The Morgan fingerprint density at radius 2 is 0.821 bits per heavy atom. The molecule has 56 heavy (non-hydrogen) atoms. The van der Waals surface area contributed by atoms with E-state index in [0.717, 1.165) is 72.0 Å². The molecule has 3 aromatic heterocycles. The van der Waals surface area contributed by atoms with Crippen LogP contribution in [0.3, 0.4) is 0 Å². The maximum absolute atomic E-state index is 6.30. The molecule has 0 aliphatic rings. The first-order valence-corrected chi connectivity index (χ1v) is 18.8. The summed E-state index contributed by atoms with van der Waals surface area (Å²) >= 11 is 0. The Morgan fingerprint density at radius 3 is 1.57 bits per heavy atom. The van der Waals surface area contributed by atoms with Crippen molar-refractivity contribution in [3.05, 3.63) is 194 Å². The van der Waals surface area contributed by atoms with E-state index in [1.54, 1.807) is 0 Å². The highest BCUT2D eigenvalue weighted by Gasteiger charge is 2.19. The highest BCUT2D eigenvalue weighted by molar-refractivity contribution is 6.10. The van der Waals surface area contributed by atoms with Gasteiger partial charge in [0.05, 0.1) is 11.0 Å². The Labute approximate surface area is 322 Å². The Hall–Kier alpha value is -7.63. The summed E-state index contributed by atoms with van der Waals surface area (Å²) in [5.74, 6) is 1.77. The highest BCUT2D eigenvalue weighted by Crippen LogP contribution is 2.38. The molecule has 0 saturated heterocycles. The Bertz CT molecular complexity index is 3240. The van der Waals surface area contributed by atoms with Gasteiger partial charge in [0, 0.05) is 43.9 Å². The molecule has 0 atom stereocenters. The normalized spacial score (nSPS) is 11.6. The van der Waals surface area contributed by atoms with Gasteiger partial charge in [-0.25, -0.2) is 15.0 Å². The first-order chi connectivity index (χ1) is 27.7. The third-order valence-corrected chi connectivity index (χ3v) is 10.6. The van der Waals surface area contributed by atoms with E-state index in [0.29, 0.717) is 17.5 Å². The van der Waals surface area contributed by atoms with Crippen LogP contribution in [0.5, 0.6) is 0 Å². The van der Waals surface area contributed by atoms with Gasteiger partial charge in [0.15, 0.2) is 17.5 Å². The van der Waals surface area contributed by atoms with E-state index in [-0.39, 0.29) is 0 Å².